The molecule has 10 heteroatoms. The third-order valence-electron chi connectivity index (χ3n) is 5.83. The number of piperidine rings is 1. The second-order valence-electron chi connectivity index (χ2n) is 8.26. The number of halogens is 1. The van der Waals surface area contributed by atoms with Gasteiger partial charge in [0, 0.05) is 29.7 Å². The van der Waals surface area contributed by atoms with Gasteiger partial charge in [-0.3, -0.25) is 9.59 Å². The molecule has 0 aliphatic carbocycles. The molecule has 166 valence electrons. The van der Waals surface area contributed by atoms with Crippen LogP contribution in [0.15, 0.2) is 30.3 Å². The lowest BCUT2D eigenvalue weighted by Crippen LogP contribution is -2.44. The molecule has 1 N–H and O–H groups in total. The molecule has 31 heavy (non-hydrogen) atoms. The molecule has 0 saturated carbocycles. The van der Waals surface area contributed by atoms with E-state index in [1.807, 2.05) is 6.92 Å². The van der Waals surface area contributed by atoms with E-state index >= 15 is 0 Å². The van der Waals surface area contributed by atoms with E-state index < -0.39 is 9.84 Å². The summed E-state index contributed by atoms with van der Waals surface area (Å²) in [4.78, 5) is 27.5. The largest absolute Gasteiger partial charge is 0.338 e. The summed E-state index contributed by atoms with van der Waals surface area (Å²) in [6.07, 6.45) is 1.90. The Morgan fingerprint density at radius 1 is 1.19 bits per heavy atom. The molecule has 0 radical (unpaired) electrons. The van der Waals surface area contributed by atoms with E-state index in [2.05, 4.69) is 10.4 Å². The van der Waals surface area contributed by atoms with Gasteiger partial charge in [0.2, 0.25) is 5.91 Å². The number of carbonyl (C=O) groups excluding carboxylic acids is 2. The highest BCUT2D eigenvalue weighted by Gasteiger charge is 2.33. The van der Waals surface area contributed by atoms with Crippen molar-refractivity contribution in [3.63, 3.8) is 0 Å². The van der Waals surface area contributed by atoms with Crippen LogP contribution in [0.5, 0.6) is 0 Å². The Hall–Kier alpha value is -2.39. The average Bonchev–Trinajstić information content (AvgIpc) is 3.29. The molecular formula is C21H25ClN4O4S. The fourth-order valence-electron chi connectivity index (χ4n) is 4.24. The van der Waals surface area contributed by atoms with Crippen LogP contribution in [0.2, 0.25) is 5.02 Å². The zero-order valence-corrected chi connectivity index (χ0v) is 18.8. The van der Waals surface area contributed by atoms with Gasteiger partial charge in [0.05, 0.1) is 29.2 Å². The van der Waals surface area contributed by atoms with Gasteiger partial charge in [-0.1, -0.05) is 11.6 Å². The quantitative estimate of drug-likeness (QED) is 0.749. The summed E-state index contributed by atoms with van der Waals surface area (Å²) in [5.41, 5.74) is 1.25. The summed E-state index contributed by atoms with van der Waals surface area (Å²) >= 11 is 5.90. The number of aryl methyl sites for hydroxylation is 1. The minimum absolute atomic E-state index is 0.0315. The maximum Gasteiger partial charge on any atom is 0.253 e. The van der Waals surface area contributed by atoms with E-state index in [4.69, 9.17) is 11.6 Å². The number of aromatic nitrogens is 2. The lowest BCUT2D eigenvalue weighted by molar-refractivity contribution is -0.121. The van der Waals surface area contributed by atoms with Crippen LogP contribution in [-0.4, -0.2) is 59.5 Å². The van der Waals surface area contributed by atoms with Crippen LogP contribution in [0.4, 0.5) is 5.82 Å². The summed E-state index contributed by atoms with van der Waals surface area (Å²) in [6.45, 7) is 2.74. The van der Waals surface area contributed by atoms with Crippen molar-refractivity contribution >= 4 is 39.1 Å². The molecule has 2 atom stereocenters. The second-order valence-corrected chi connectivity index (χ2v) is 10.9. The van der Waals surface area contributed by atoms with Crippen LogP contribution in [0.1, 0.15) is 41.4 Å². The fourth-order valence-corrected chi connectivity index (χ4v) is 6.05. The Morgan fingerprint density at radius 2 is 1.94 bits per heavy atom. The lowest BCUT2D eigenvalue weighted by atomic mass is 9.96. The molecular weight excluding hydrogens is 440 g/mol. The van der Waals surface area contributed by atoms with Crippen LogP contribution >= 0.6 is 11.6 Å². The number of sulfone groups is 1. The molecule has 0 bridgehead atoms. The molecule has 0 spiro atoms. The number of rotatable bonds is 4. The van der Waals surface area contributed by atoms with Crippen LogP contribution in [0, 0.1) is 12.8 Å². The van der Waals surface area contributed by atoms with Crippen molar-refractivity contribution in [1.82, 2.24) is 14.7 Å². The minimum atomic E-state index is -3.07. The third kappa shape index (κ3) is 4.93. The highest BCUT2D eigenvalue weighted by Crippen LogP contribution is 2.28. The molecule has 2 aliphatic rings. The normalized spacial score (nSPS) is 23.0. The maximum atomic E-state index is 13.0. The van der Waals surface area contributed by atoms with E-state index in [1.165, 1.54) is 0 Å². The lowest BCUT2D eigenvalue weighted by Gasteiger charge is -2.32. The zero-order chi connectivity index (χ0) is 22.2. The van der Waals surface area contributed by atoms with Crippen molar-refractivity contribution in [2.75, 3.05) is 29.9 Å². The van der Waals surface area contributed by atoms with E-state index in [0.717, 1.165) is 6.42 Å². The van der Waals surface area contributed by atoms with Crippen molar-refractivity contribution in [1.29, 1.82) is 0 Å². The van der Waals surface area contributed by atoms with Crippen molar-refractivity contribution in [2.24, 2.45) is 5.92 Å². The van der Waals surface area contributed by atoms with Crippen molar-refractivity contribution in [3.05, 3.63) is 46.6 Å². The molecule has 2 unspecified atom stereocenters. The van der Waals surface area contributed by atoms with Gasteiger partial charge in [-0.05, 0) is 50.5 Å². The molecule has 2 aliphatic heterocycles. The topological polar surface area (TPSA) is 101 Å². The van der Waals surface area contributed by atoms with Crippen molar-refractivity contribution in [2.45, 2.75) is 32.2 Å². The van der Waals surface area contributed by atoms with Gasteiger partial charge in [0.1, 0.15) is 5.82 Å². The summed E-state index contributed by atoms with van der Waals surface area (Å²) in [6, 6.07) is 8.20. The first-order chi connectivity index (χ1) is 14.7. The van der Waals surface area contributed by atoms with Gasteiger partial charge < -0.3 is 10.2 Å². The van der Waals surface area contributed by atoms with Gasteiger partial charge in [-0.15, -0.1) is 0 Å². The number of benzene rings is 1. The number of nitrogens with one attached hydrogen (secondary N) is 1. The highest BCUT2D eigenvalue weighted by molar-refractivity contribution is 7.91. The van der Waals surface area contributed by atoms with E-state index in [1.54, 1.807) is 39.9 Å². The van der Waals surface area contributed by atoms with Gasteiger partial charge in [0.15, 0.2) is 9.84 Å². The predicted molar refractivity (Wildman–Crippen MR) is 118 cm³/mol. The number of amides is 2. The van der Waals surface area contributed by atoms with E-state index in [-0.39, 0.29) is 35.3 Å². The van der Waals surface area contributed by atoms with Crippen LogP contribution < -0.4 is 5.32 Å². The third-order valence-corrected chi connectivity index (χ3v) is 7.84. The summed E-state index contributed by atoms with van der Waals surface area (Å²) < 4.78 is 25.4. The summed E-state index contributed by atoms with van der Waals surface area (Å²) in [7, 11) is -3.07. The standard InChI is InChI=1S/C21H25ClN4O4S/c1-14-11-19(26(24-14)18-8-10-31(29,30)13-18)23-20(27)16-3-2-9-25(12-16)21(28)15-4-6-17(22)7-5-15/h4-7,11,16,18H,2-3,8-10,12-13H2,1H3,(H,23,27). The molecule has 8 nitrogen and oxygen atoms in total. The van der Waals surface area contributed by atoms with E-state index in [0.29, 0.717) is 48.0 Å². The molecule has 1 aromatic heterocycles. The SMILES string of the molecule is Cc1cc(NC(=O)C2CCCN(C(=O)c3ccc(Cl)cc3)C2)n(C2CCS(=O)(=O)C2)n1. The number of nitrogens with zero attached hydrogens (tertiary/aromatic N) is 3. The molecule has 2 fully saturated rings. The smallest absolute Gasteiger partial charge is 0.253 e. The van der Waals surface area contributed by atoms with Crippen LogP contribution in [-0.2, 0) is 14.6 Å². The Kier molecular flexibility index (Phi) is 6.07. The molecule has 2 saturated heterocycles. The zero-order valence-electron chi connectivity index (χ0n) is 17.3. The molecule has 4 rings (SSSR count). The van der Waals surface area contributed by atoms with Crippen LogP contribution in [0.3, 0.4) is 0 Å². The van der Waals surface area contributed by atoms with Crippen molar-refractivity contribution < 1.29 is 18.0 Å². The molecule has 3 heterocycles. The minimum Gasteiger partial charge on any atom is -0.338 e. The molecule has 1 aromatic carbocycles. The average molecular weight is 465 g/mol. The van der Waals surface area contributed by atoms with Gasteiger partial charge in [-0.2, -0.15) is 5.10 Å². The number of likely N-dealkylation sites (tertiary alicyclic amines) is 1. The number of carbonyl (C=O) groups is 2. The summed E-state index contributed by atoms with van der Waals surface area (Å²) in [5.74, 6) is 0.0200. The van der Waals surface area contributed by atoms with Gasteiger partial charge in [-0.25, -0.2) is 13.1 Å². The number of hydrogen-bond acceptors (Lipinski definition) is 5. The number of hydrogen-bond donors (Lipinski definition) is 1. The number of anilines is 1. The first-order valence-corrected chi connectivity index (χ1v) is 12.5. The monoisotopic (exact) mass is 464 g/mol. The van der Waals surface area contributed by atoms with Crippen LogP contribution in [0.25, 0.3) is 0 Å². The maximum absolute atomic E-state index is 13.0. The summed E-state index contributed by atoms with van der Waals surface area (Å²) in [5, 5.41) is 7.90. The Labute approximate surface area is 186 Å². The molecule has 2 aromatic rings. The Morgan fingerprint density at radius 3 is 2.61 bits per heavy atom. The first-order valence-electron chi connectivity index (χ1n) is 10.3. The fraction of sp³-hybridized carbons (Fsp3) is 0.476. The highest BCUT2D eigenvalue weighted by atomic mass is 35.5. The predicted octanol–water partition coefficient (Wildman–Crippen LogP) is 2.70. The van der Waals surface area contributed by atoms with E-state index in [9.17, 15) is 18.0 Å². The van der Waals surface area contributed by atoms with Crippen molar-refractivity contribution in [3.8, 4) is 0 Å². The Balaban J connectivity index is 1.44. The van der Waals surface area contributed by atoms with Gasteiger partial charge in [0.25, 0.3) is 5.91 Å². The van der Waals surface area contributed by atoms with Gasteiger partial charge >= 0.3 is 0 Å². The first kappa shape index (κ1) is 21.8. The second kappa shape index (κ2) is 8.63. The Bertz CT molecular complexity index is 1100. The molecule has 2 amide bonds.